The lowest BCUT2D eigenvalue weighted by atomic mass is 10.2. The number of hydrogen-bond acceptors (Lipinski definition) is 9. The fraction of sp³-hybridized carbons (Fsp3) is 0.280. The Labute approximate surface area is 201 Å². The van der Waals surface area contributed by atoms with Gasteiger partial charge in [0.15, 0.2) is 23.8 Å². The van der Waals surface area contributed by atoms with E-state index in [2.05, 4.69) is 15.3 Å². The third-order valence-corrected chi connectivity index (χ3v) is 5.83. The SMILES string of the molecule is COc1cc(-c2nnc(COC(=O)c3nn(-c4ccccc4)c4c3CCC4)o2)cc(OC)c1OC. The molecule has 0 fully saturated rings. The molecule has 2 heterocycles. The van der Waals surface area contributed by atoms with E-state index in [1.165, 1.54) is 21.3 Å². The summed E-state index contributed by atoms with van der Waals surface area (Å²) in [7, 11) is 4.57. The number of benzene rings is 2. The number of hydrogen-bond donors (Lipinski definition) is 0. The van der Waals surface area contributed by atoms with Crippen LogP contribution in [-0.4, -0.2) is 47.3 Å². The number of methoxy groups -OCH3 is 3. The molecule has 10 nitrogen and oxygen atoms in total. The summed E-state index contributed by atoms with van der Waals surface area (Å²) in [6.07, 6.45) is 2.63. The van der Waals surface area contributed by atoms with Gasteiger partial charge in [0.1, 0.15) is 0 Å². The minimum atomic E-state index is -0.523. The van der Waals surface area contributed by atoms with Crippen molar-refractivity contribution in [1.82, 2.24) is 20.0 Å². The molecule has 0 radical (unpaired) electrons. The average molecular weight is 476 g/mol. The minimum Gasteiger partial charge on any atom is -0.493 e. The van der Waals surface area contributed by atoms with Crippen molar-refractivity contribution in [2.24, 2.45) is 0 Å². The van der Waals surface area contributed by atoms with E-state index in [0.29, 0.717) is 28.5 Å². The summed E-state index contributed by atoms with van der Waals surface area (Å²) in [5, 5.41) is 12.6. The minimum absolute atomic E-state index is 0.154. The highest BCUT2D eigenvalue weighted by Gasteiger charge is 2.28. The normalized spacial score (nSPS) is 12.3. The van der Waals surface area contributed by atoms with Crippen molar-refractivity contribution in [3.8, 4) is 34.4 Å². The summed E-state index contributed by atoms with van der Waals surface area (Å²) in [4.78, 5) is 12.9. The maximum atomic E-state index is 12.9. The van der Waals surface area contributed by atoms with Crippen LogP contribution < -0.4 is 14.2 Å². The Kier molecular flexibility index (Phi) is 6.09. The van der Waals surface area contributed by atoms with Crippen molar-refractivity contribution in [1.29, 1.82) is 0 Å². The number of aromatic nitrogens is 4. The van der Waals surface area contributed by atoms with Gasteiger partial charge in [-0.1, -0.05) is 18.2 Å². The summed E-state index contributed by atoms with van der Waals surface area (Å²) >= 11 is 0. The van der Waals surface area contributed by atoms with Crippen LogP contribution in [0.25, 0.3) is 17.1 Å². The number of rotatable bonds is 8. The van der Waals surface area contributed by atoms with Crippen molar-refractivity contribution in [3.63, 3.8) is 0 Å². The Bertz CT molecular complexity index is 1340. The lowest BCUT2D eigenvalue weighted by Gasteiger charge is -2.12. The predicted molar refractivity (Wildman–Crippen MR) is 124 cm³/mol. The van der Waals surface area contributed by atoms with Crippen molar-refractivity contribution >= 4 is 5.97 Å². The Balaban J connectivity index is 1.34. The number of carbonyl (C=O) groups excluding carboxylic acids is 1. The zero-order valence-corrected chi connectivity index (χ0v) is 19.6. The number of carbonyl (C=O) groups is 1. The molecule has 2 aromatic carbocycles. The van der Waals surface area contributed by atoms with E-state index >= 15 is 0 Å². The monoisotopic (exact) mass is 476 g/mol. The smallest absolute Gasteiger partial charge is 0.359 e. The molecular formula is C25H24N4O6. The highest BCUT2D eigenvalue weighted by molar-refractivity contribution is 5.89. The molecule has 1 aliphatic rings. The van der Waals surface area contributed by atoms with Crippen LogP contribution in [0.4, 0.5) is 0 Å². The molecule has 35 heavy (non-hydrogen) atoms. The maximum Gasteiger partial charge on any atom is 0.359 e. The number of esters is 1. The first-order valence-electron chi connectivity index (χ1n) is 11.1. The Morgan fingerprint density at radius 3 is 2.43 bits per heavy atom. The summed E-state index contributed by atoms with van der Waals surface area (Å²) in [5.74, 6) is 1.22. The lowest BCUT2D eigenvalue weighted by Crippen LogP contribution is -2.09. The van der Waals surface area contributed by atoms with Gasteiger partial charge in [0, 0.05) is 16.8 Å². The van der Waals surface area contributed by atoms with Crippen LogP contribution in [0, 0.1) is 0 Å². The second-order valence-electron chi connectivity index (χ2n) is 7.87. The second-order valence-corrected chi connectivity index (χ2v) is 7.87. The predicted octanol–water partition coefficient (Wildman–Crippen LogP) is 3.79. The van der Waals surface area contributed by atoms with Gasteiger partial charge in [-0.3, -0.25) is 0 Å². The van der Waals surface area contributed by atoms with Gasteiger partial charge in [-0.25, -0.2) is 9.48 Å². The highest BCUT2D eigenvalue weighted by atomic mass is 16.5. The summed E-state index contributed by atoms with van der Waals surface area (Å²) in [6, 6.07) is 13.1. The van der Waals surface area contributed by atoms with Crippen LogP contribution >= 0.6 is 0 Å². The van der Waals surface area contributed by atoms with Gasteiger partial charge in [0.05, 0.1) is 27.0 Å². The molecule has 0 atom stereocenters. The van der Waals surface area contributed by atoms with Gasteiger partial charge in [-0.05, 0) is 43.5 Å². The largest absolute Gasteiger partial charge is 0.493 e. The summed E-state index contributed by atoms with van der Waals surface area (Å²) in [6.45, 7) is -0.177. The first kappa shape index (κ1) is 22.5. The van der Waals surface area contributed by atoms with Crippen LogP contribution in [0.1, 0.15) is 34.1 Å². The molecule has 0 spiro atoms. The Morgan fingerprint density at radius 1 is 1.00 bits per heavy atom. The molecule has 4 aromatic rings. The molecule has 1 aliphatic carbocycles. The molecule has 0 aliphatic heterocycles. The molecule has 0 saturated heterocycles. The quantitative estimate of drug-likeness (QED) is 0.351. The van der Waals surface area contributed by atoms with Crippen molar-refractivity contribution in [2.75, 3.05) is 21.3 Å². The van der Waals surface area contributed by atoms with Crippen LogP contribution in [-0.2, 0) is 24.2 Å². The number of fused-ring (bicyclic) bond motifs is 1. The van der Waals surface area contributed by atoms with Crippen LogP contribution in [0.2, 0.25) is 0 Å². The molecule has 0 bridgehead atoms. The van der Waals surface area contributed by atoms with Gasteiger partial charge in [0.25, 0.3) is 5.89 Å². The second kappa shape index (κ2) is 9.49. The standard InChI is InChI=1S/C25H24N4O6/c1-31-19-12-15(13-20(32-2)23(19)33-3)24-27-26-21(35-24)14-34-25(30)22-17-10-7-11-18(17)29(28-22)16-8-5-4-6-9-16/h4-6,8-9,12-13H,7,10-11,14H2,1-3H3. The van der Waals surface area contributed by atoms with E-state index < -0.39 is 5.97 Å². The topological polar surface area (TPSA) is 111 Å². The van der Waals surface area contributed by atoms with Crippen molar-refractivity contribution in [3.05, 3.63) is 65.3 Å². The summed E-state index contributed by atoms with van der Waals surface area (Å²) < 4.78 is 29.1. The molecule has 0 N–H and O–H groups in total. The Morgan fingerprint density at radius 2 is 1.74 bits per heavy atom. The van der Waals surface area contributed by atoms with E-state index in [-0.39, 0.29) is 18.4 Å². The third kappa shape index (κ3) is 4.18. The molecule has 0 saturated carbocycles. The first-order chi connectivity index (χ1) is 17.1. The number of ether oxygens (including phenoxy) is 4. The zero-order valence-electron chi connectivity index (χ0n) is 19.6. The molecule has 0 unspecified atom stereocenters. The fourth-order valence-corrected chi connectivity index (χ4v) is 4.21. The van der Waals surface area contributed by atoms with Gasteiger partial charge in [-0.15, -0.1) is 10.2 Å². The third-order valence-electron chi connectivity index (χ3n) is 5.83. The lowest BCUT2D eigenvalue weighted by molar-refractivity contribution is 0.0430. The number of nitrogens with zero attached hydrogens (tertiary/aromatic N) is 4. The van der Waals surface area contributed by atoms with Crippen molar-refractivity contribution < 1.29 is 28.2 Å². The van der Waals surface area contributed by atoms with E-state index in [9.17, 15) is 4.79 Å². The fourth-order valence-electron chi connectivity index (χ4n) is 4.21. The molecule has 5 rings (SSSR count). The van der Waals surface area contributed by atoms with E-state index in [1.807, 2.05) is 35.0 Å². The average Bonchev–Trinajstić information content (AvgIpc) is 3.64. The van der Waals surface area contributed by atoms with Gasteiger partial charge < -0.3 is 23.4 Å². The maximum absolute atomic E-state index is 12.9. The van der Waals surface area contributed by atoms with Crippen LogP contribution in [0.15, 0.2) is 46.9 Å². The van der Waals surface area contributed by atoms with Crippen LogP contribution in [0.3, 0.4) is 0 Å². The first-order valence-corrected chi connectivity index (χ1v) is 11.1. The van der Waals surface area contributed by atoms with Gasteiger partial charge in [-0.2, -0.15) is 5.10 Å². The Hall–Kier alpha value is -4.34. The van der Waals surface area contributed by atoms with E-state index in [4.69, 9.17) is 23.4 Å². The molecule has 0 amide bonds. The van der Waals surface area contributed by atoms with Crippen LogP contribution in [0.5, 0.6) is 17.2 Å². The van der Waals surface area contributed by atoms with Crippen molar-refractivity contribution in [2.45, 2.75) is 25.9 Å². The van der Waals surface area contributed by atoms with Gasteiger partial charge >= 0.3 is 5.97 Å². The van der Waals surface area contributed by atoms with E-state index in [1.54, 1.807) is 12.1 Å². The molecular weight excluding hydrogens is 452 g/mol. The highest BCUT2D eigenvalue weighted by Crippen LogP contribution is 2.41. The van der Waals surface area contributed by atoms with E-state index in [0.717, 1.165) is 36.2 Å². The zero-order chi connectivity index (χ0) is 24.4. The molecule has 10 heteroatoms. The molecule has 180 valence electrons. The summed E-state index contributed by atoms with van der Waals surface area (Å²) in [5.41, 5.74) is 3.79. The molecule has 2 aromatic heterocycles. The van der Waals surface area contributed by atoms with Gasteiger partial charge in [0.2, 0.25) is 11.6 Å². The number of para-hydroxylation sites is 1.